The molecule has 8 heteroatoms. The molecule has 5 aliphatic carbocycles. The second kappa shape index (κ2) is 11.0. The minimum absolute atomic E-state index is 0.0140. The van der Waals surface area contributed by atoms with E-state index in [2.05, 4.69) is 46.8 Å². The van der Waals surface area contributed by atoms with Crippen molar-refractivity contribution in [3.05, 3.63) is 23.3 Å². The number of ether oxygens (including phenoxy) is 4. The first-order chi connectivity index (χ1) is 20.8. The Morgan fingerprint density at radius 2 is 1.47 bits per heavy atom. The number of carbonyl (C=O) groups is 4. The van der Waals surface area contributed by atoms with E-state index in [0.717, 1.165) is 50.5 Å². The summed E-state index contributed by atoms with van der Waals surface area (Å²) in [7, 11) is 1.53. The third kappa shape index (κ3) is 4.99. The zero-order valence-corrected chi connectivity index (χ0v) is 29.1. The van der Waals surface area contributed by atoms with E-state index in [-0.39, 0.29) is 40.7 Å². The van der Waals surface area contributed by atoms with Gasteiger partial charge in [-0.2, -0.15) is 0 Å². The van der Waals surface area contributed by atoms with E-state index in [1.165, 1.54) is 33.5 Å². The second-order valence-corrected chi connectivity index (χ2v) is 16.6. The van der Waals surface area contributed by atoms with Crippen molar-refractivity contribution in [2.45, 2.75) is 126 Å². The van der Waals surface area contributed by atoms with Gasteiger partial charge in [0.05, 0.1) is 17.9 Å². The van der Waals surface area contributed by atoms with Crippen LogP contribution in [0.25, 0.3) is 0 Å². The normalized spacial score (nSPS) is 43.1. The molecule has 3 saturated carbocycles. The lowest BCUT2D eigenvalue weighted by Crippen LogP contribution is -2.65. The lowest BCUT2D eigenvalue weighted by atomic mass is 9.35. The highest BCUT2D eigenvalue weighted by Gasteiger charge is 2.70. The van der Waals surface area contributed by atoms with Crippen molar-refractivity contribution in [3.63, 3.8) is 0 Å². The molecule has 9 unspecified atom stereocenters. The first-order valence-electron chi connectivity index (χ1n) is 16.8. The van der Waals surface area contributed by atoms with Gasteiger partial charge in [-0.15, -0.1) is 0 Å². The number of allylic oxidation sites excluding steroid dienone is 3. The Hall–Kier alpha value is -2.64. The molecule has 8 nitrogen and oxygen atoms in total. The predicted molar refractivity (Wildman–Crippen MR) is 168 cm³/mol. The summed E-state index contributed by atoms with van der Waals surface area (Å²) in [6.45, 7) is 17.9. The number of rotatable bonds is 5. The predicted octanol–water partition coefficient (Wildman–Crippen LogP) is 6.90. The van der Waals surface area contributed by atoms with Crippen LogP contribution >= 0.6 is 0 Å². The van der Waals surface area contributed by atoms with Crippen LogP contribution in [-0.4, -0.2) is 49.8 Å². The van der Waals surface area contributed by atoms with Crippen molar-refractivity contribution in [1.29, 1.82) is 0 Å². The first-order valence-corrected chi connectivity index (χ1v) is 16.8. The van der Waals surface area contributed by atoms with E-state index in [1.807, 2.05) is 6.92 Å². The van der Waals surface area contributed by atoms with Gasteiger partial charge in [0.1, 0.15) is 12.7 Å². The lowest BCUT2D eigenvalue weighted by Gasteiger charge is -2.69. The Labute approximate surface area is 269 Å². The lowest BCUT2D eigenvalue weighted by molar-refractivity contribution is -0.200. The van der Waals surface area contributed by atoms with Crippen molar-refractivity contribution >= 4 is 23.9 Å². The summed E-state index contributed by atoms with van der Waals surface area (Å²) >= 11 is 0. The van der Waals surface area contributed by atoms with E-state index in [4.69, 9.17) is 18.9 Å². The average molecular weight is 627 g/mol. The summed E-state index contributed by atoms with van der Waals surface area (Å²) < 4.78 is 23.1. The summed E-state index contributed by atoms with van der Waals surface area (Å²) in [6, 6.07) is 0. The molecule has 0 amide bonds. The maximum absolute atomic E-state index is 13.6. The van der Waals surface area contributed by atoms with Gasteiger partial charge in [-0.1, -0.05) is 57.9 Å². The molecule has 0 spiro atoms. The van der Waals surface area contributed by atoms with Gasteiger partial charge in [0.25, 0.3) is 0 Å². The molecule has 0 aliphatic heterocycles. The Bertz CT molecular complexity index is 1340. The fraction of sp³-hybridized carbons (Fsp3) is 0.784. The molecular weight excluding hydrogens is 572 g/mol. The molecule has 9 atom stereocenters. The van der Waals surface area contributed by atoms with Crippen molar-refractivity contribution in [3.8, 4) is 0 Å². The van der Waals surface area contributed by atoms with Crippen LogP contribution in [0.4, 0.5) is 0 Å². The van der Waals surface area contributed by atoms with E-state index in [9.17, 15) is 19.2 Å². The van der Waals surface area contributed by atoms with Gasteiger partial charge < -0.3 is 18.9 Å². The van der Waals surface area contributed by atoms with Crippen LogP contribution in [0.3, 0.4) is 0 Å². The molecular formula is C37H54O8. The number of hydrogen-bond acceptors (Lipinski definition) is 8. The third-order valence-corrected chi connectivity index (χ3v) is 13.5. The molecule has 0 radical (unpaired) electrons. The summed E-state index contributed by atoms with van der Waals surface area (Å²) in [5.41, 5.74) is 0.525. The average Bonchev–Trinajstić information content (AvgIpc) is 2.93. The SMILES string of the molecule is COC(=O)C12CCC(C)(C)CC1C1=CCC3C4(C)CC(OC(C)=O)C(OC(C)=O)C(C)(COC(C)=O)C4=CCC3(C)C1(C)CC2. The van der Waals surface area contributed by atoms with Crippen LogP contribution < -0.4 is 0 Å². The van der Waals surface area contributed by atoms with Crippen molar-refractivity contribution in [2.24, 2.45) is 44.3 Å². The molecule has 0 aromatic carbocycles. The molecule has 5 rings (SSSR count). The first kappa shape index (κ1) is 33.7. The third-order valence-electron chi connectivity index (χ3n) is 13.5. The summed E-state index contributed by atoms with van der Waals surface area (Å²) in [4.78, 5) is 50.5. The van der Waals surface area contributed by atoms with Crippen LogP contribution in [0.1, 0.15) is 114 Å². The summed E-state index contributed by atoms with van der Waals surface area (Å²) in [5, 5.41) is 0. The van der Waals surface area contributed by atoms with Crippen molar-refractivity contribution in [2.75, 3.05) is 13.7 Å². The number of carbonyl (C=O) groups excluding carboxylic acids is 4. The fourth-order valence-electron chi connectivity index (χ4n) is 11.1. The maximum atomic E-state index is 13.6. The van der Waals surface area contributed by atoms with Crippen LogP contribution in [0, 0.1) is 44.3 Å². The smallest absolute Gasteiger partial charge is 0.312 e. The molecule has 3 fully saturated rings. The molecule has 0 N–H and O–H groups in total. The summed E-state index contributed by atoms with van der Waals surface area (Å²) in [5.74, 6) is -1.09. The maximum Gasteiger partial charge on any atom is 0.312 e. The molecule has 0 aromatic heterocycles. The van der Waals surface area contributed by atoms with Crippen LogP contribution in [0.5, 0.6) is 0 Å². The monoisotopic (exact) mass is 626 g/mol. The molecule has 5 aliphatic rings. The van der Waals surface area contributed by atoms with E-state index in [0.29, 0.717) is 6.42 Å². The number of esters is 4. The van der Waals surface area contributed by atoms with Crippen molar-refractivity contribution < 1.29 is 38.1 Å². The Kier molecular flexibility index (Phi) is 8.22. The standard InChI is InChI=1S/C37H54O8/c1-22(38)43-21-34(7)28-13-14-36(9)29(33(28,6)20-27(44-23(2)39)30(34)45-24(3)40)12-11-25-26-19-32(4,5)15-17-37(26,31(41)42-10)18-16-35(25,36)8/h11,13,26-27,29-30H,12,14-21H2,1-10H3. The summed E-state index contributed by atoms with van der Waals surface area (Å²) in [6.07, 6.45) is 9.90. The highest BCUT2D eigenvalue weighted by molar-refractivity contribution is 5.78. The van der Waals surface area contributed by atoms with Gasteiger partial charge >= 0.3 is 23.9 Å². The van der Waals surface area contributed by atoms with Crippen molar-refractivity contribution in [1.82, 2.24) is 0 Å². The zero-order valence-electron chi connectivity index (χ0n) is 29.1. The quantitative estimate of drug-likeness (QED) is 0.184. The largest absolute Gasteiger partial charge is 0.469 e. The zero-order chi connectivity index (χ0) is 33.4. The van der Waals surface area contributed by atoms with Gasteiger partial charge in [-0.05, 0) is 91.8 Å². The van der Waals surface area contributed by atoms with Gasteiger partial charge in [0, 0.05) is 20.8 Å². The van der Waals surface area contributed by atoms with E-state index < -0.39 is 46.4 Å². The highest BCUT2D eigenvalue weighted by atomic mass is 16.6. The van der Waals surface area contributed by atoms with E-state index >= 15 is 0 Å². The molecule has 0 aromatic rings. The molecule has 0 bridgehead atoms. The Balaban J connectivity index is 1.64. The highest BCUT2D eigenvalue weighted by Crippen LogP contribution is 2.75. The minimum Gasteiger partial charge on any atom is -0.469 e. The van der Waals surface area contributed by atoms with Gasteiger partial charge in [0.15, 0.2) is 6.10 Å². The fourth-order valence-corrected chi connectivity index (χ4v) is 11.1. The van der Waals surface area contributed by atoms with Crippen LogP contribution in [-0.2, 0) is 38.1 Å². The van der Waals surface area contributed by atoms with Gasteiger partial charge in [-0.3, -0.25) is 19.2 Å². The van der Waals surface area contributed by atoms with Gasteiger partial charge in [-0.25, -0.2) is 0 Å². The number of fused-ring (bicyclic) bond motifs is 7. The van der Waals surface area contributed by atoms with Crippen LogP contribution in [0.2, 0.25) is 0 Å². The second-order valence-electron chi connectivity index (χ2n) is 16.6. The topological polar surface area (TPSA) is 105 Å². The number of methoxy groups -OCH3 is 1. The van der Waals surface area contributed by atoms with Crippen LogP contribution in [0.15, 0.2) is 23.3 Å². The van der Waals surface area contributed by atoms with Gasteiger partial charge in [0.2, 0.25) is 0 Å². The minimum atomic E-state index is -0.892. The number of hydrogen-bond donors (Lipinski definition) is 0. The molecule has 0 heterocycles. The molecule has 0 saturated heterocycles. The molecule has 250 valence electrons. The Morgan fingerprint density at radius 3 is 2.07 bits per heavy atom. The van der Waals surface area contributed by atoms with E-state index in [1.54, 1.807) is 0 Å². The molecule has 45 heavy (non-hydrogen) atoms. The Morgan fingerprint density at radius 1 is 0.822 bits per heavy atom.